The second-order valence-electron chi connectivity index (χ2n) is 3.46. The number of rotatable bonds is 2. The quantitative estimate of drug-likeness (QED) is 0.661. The van der Waals surface area contributed by atoms with Gasteiger partial charge in [0, 0.05) is 24.5 Å². The third-order valence-corrected chi connectivity index (χ3v) is 2.13. The van der Waals surface area contributed by atoms with Gasteiger partial charge < -0.3 is 5.11 Å². The van der Waals surface area contributed by atoms with Gasteiger partial charge >= 0.3 is 5.97 Å². The van der Waals surface area contributed by atoms with E-state index in [2.05, 4.69) is 4.98 Å². The van der Waals surface area contributed by atoms with Crippen molar-refractivity contribution in [3.63, 3.8) is 0 Å². The summed E-state index contributed by atoms with van der Waals surface area (Å²) in [4.78, 5) is 23.6. The number of carbonyl (C=O) groups is 1. The number of nitrogens with zero attached hydrogens (tertiary/aromatic N) is 3. The minimum Gasteiger partial charge on any atom is -0.478 e. The number of hydrogen-bond acceptors (Lipinski definition) is 5. The lowest BCUT2D eigenvalue weighted by atomic mass is 10.2. The van der Waals surface area contributed by atoms with E-state index in [-0.39, 0.29) is 11.3 Å². The van der Waals surface area contributed by atoms with Gasteiger partial charge in [0.25, 0.3) is 5.69 Å². The van der Waals surface area contributed by atoms with Gasteiger partial charge in [-0.1, -0.05) is 0 Å². The monoisotopic (exact) mass is 271 g/mol. The highest BCUT2D eigenvalue weighted by molar-refractivity contribution is 5.87. The van der Waals surface area contributed by atoms with Crippen molar-refractivity contribution in [1.82, 2.24) is 4.98 Å². The highest BCUT2D eigenvalue weighted by atomic mass is 16.6. The molecule has 1 aromatic heterocycles. The topological polar surface area (TPSA) is 117 Å². The van der Waals surface area contributed by atoms with Gasteiger partial charge in [-0.05, 0) is 24.3 Å². The van der Waals surface area contributed by atoms with Crippen molar-refractivity contribution < 1.29 is 14.8 Å². The van der Waals surface area contributed by atoms with Crippen LogP contribution in [-0.2, 0) is 0 Å². The molecule has 0 aliphatic heterocycles. The molecular weight excluding hydrogens is 262 g/mol. The van der Waals surface area contributed by atoms with Crippen LogP contribution in [0.2, 0.25) is 0 Å². The average molecular weight is 271 g/mol. The van der Waals surface area contributed by atoms with Gasteiger partial charge in [0.05, 0.1) is 22.1 Å². The van der Waals surface area contributed by atoms with E-state index in [9.17, 15) is 14.9 Å². The fourth-order valence-electron chi connectivity index (χ4n) is 1.15. The van der Waals surface area contributed by atoms with Crippen molar-refractivity contribution in [2.45, 2.75) is 0 Å². The Morgan fingerprint density at radius 1 is 1.20 bits per heavy atom. The molecule has 0 unspecified atom stereocenters. The lowest BCUT2D eigenvalue weighted by molar-refractivity contribution is -0.384. The first kappa shape index (κ1) is 14.8. The van der Waals surface area contributed by atoms with E-state index in [1.807, 2.05) is 6.07 Å². The van der Waals surface area contributed by atoms with E-state index in [4.69, 9.17) is 10.4 Å². The van der Waals surface area contributed by atoms with Crippen LogP contribution in [0.25, 0.3) is 0 Å². The summed E-state index contributed by atoms with van der Waals surface area (Å²) in [5.74, 6) is -1.09. The zero-order valence-corrected chi connectivity index (χ0v) is 10.1. The zero-order valence-electron chi connectivity index (χ0n) is 10.1. The van der Waals surface area contributed by atoms with Crippen molar-refractivity contribution in [3.05, 3.63) is 70.0 Å². The third-order valence-electron chi connectivity index (χ3n) is 2.13. The lowest BCUT2D eigenvalue weighted by Crippen LogP contribution is -1.96. The SMILES string of the molecule is N#Cc1ccncc1.O=C(O)c1ccc([N+](=O)[O-])cc1. The number of aromatic carboxylic acids is 1. The second-order valence-corrected chi connectivity index (χ2v) is 3.46. The van der Waals surface area contributed by atoms with Crippen LogP contribution in [0.1, 0.15) is 15.9 Å². The number of carboxylic acids is 1. The van der Waals surface area contributed by atoms with E-state index < -0.39 is 10.9 Å². The number of nitro groups is 1. The van der Waals surface area contributed by atoms with Gasteiger partial charge in [-0.25, -0.2) is 4.79 Å². The van der Waals surface area contributed by atoms with Gasteiger partial charge in [-0.15, -0.1) is 0 Å². The molecule has 1 N–H and O–H groups in total. The molecule has 7 heteroatoms. The van der Waals surface area contributed by atoms with Crippen LogP contribution in [-0.4, -0.2) is 21.0 Å². The van der Waals surface area contributed by atoms with Gasteiger partial charge in [0.1, 0.15) is 0 Å². The van der Waals surface area contributed by atoms with Crippen LogP contribution < -0.4 is 0 Å². The first-order valence-corrected chi connectivity index (χ1v) is 5.32. The van der Waals surface area contributed by atoms with Gasteiger partial charge in [0.2, 0.25) is 0 Å². The Labute approximate surface area is 113 Å². The molecule has 2 aromatic rings. The number of nitro benzene ring substituents is 1. The van der Waals surface area contributed by atoms with Crippen LogP contribution in [0.5, 0.6) is 0 Å². The summed E-state index contributed by atoms with van der Waals surface area (Å²) >= 11 is 0. The molecule has 2 rings (SSSR count). The summed E-state index contributed by atoms with van der Waals surface area (Å²) in [5, 5.41) is 26.8. The molecule has 0 bridgehead atoms. The summed E-state index contributed by atoms with van der Waals surface area (Å²) < 4.78 is 0. The van der Waals surface area contributed by atoms with Crippen molar-refractivity contribution in [1.29, 1.82) is 5.26 Å². The largest absolute Gasteiger partial charge is 0.478 e. The Kier molecular flexibility index (Phi) is 5.34. The maximum Gasteiger partial charge on any atom is 0.335 e. The Morgan fingerprint density at radius 2 is 1.75 bits per heavy atom. The predicted octanol–water partition coefficient (Wildman–Crippen LogP) is 2.25. The maximum absolute atomic E-state index is 10.3. The molecule has 0 radical (unpaired) electrons. The molecule has 0 aliphatic rings. The Balaban J connectivity index is 0.000000217. The molecule has 0 saturated heterocycles. The number of aromatic nitrogens is 1. The minimum atomic E-state index is -1.09. The number of pyridine rings is 1. The van der Waals surface area contributed by atoms with E-state index in [1.54, 1.807) is 24.5 Å². The molecule has 0 atom stereocenters. The summed E-state index contributed by atoms with van der Waals surface area (Å²) in [6, 6.07) is 10.0. The fraction of sp³-hybridized carbons (Fsp3) is 0. The predicted molar refractivity (Wildman–Crippen MR) is 69.0 cm³/mol. The summed E-state index contributed by atoms with van der Waals surface area (Å²) in [6.07, 6.45) is 3.19. The first-order valence-electron chi connectivity index (χ1n) is 5.32. The molecule has 100 valence electrons. The minimum absolute atomic E-state index is 0.0422. The molecule has 1 aromatic carbocycles. The lowest BCUT2D eigenvalue weighted by Gasteiger charge is -1.92. The smallest absolute Gasteiger partial charge is 0.335 e. The Hall–Kier alpha value is -3.27. The number of hydrogen-bond donors (Lipinski definition) is 1. The number of benzene rings is 1. The Morgan fingerprint density at radius 3 is 2.10 bits per heavy atom. The molecule has 0 amide bonds. The molecule has 0 saturated carbocycles. The summed E-state index contributed by atoms with van der Waals surface area (Å²) in [5.41, 5.74) is 0.584. The van der Waals surface area contributed by atoms with Crippen LogP contribution >= 0.6 is 0 Å². The molecule has 0 spiro atoms. The second kappa shape index (κ2) is 7.23. The van der Waals surface area contributed by atoms with Gasteiger partial charge in [0.15, 0.2) is 0 Å². The molecule has 0 aliphatic carbocycles. The third kappa shape index (κ3) is 4.54. The summed E-state index contributed by atoms with van der Waals surface area (Å²) in [6.45, 7) is 0. The maximum atomic E-state index is 10.3. The highest BCUT2D eigenvalue weighted by Gasteiger charge is 2.06. The van der Waals surface area contributed by atoms with Crippen molar-refractivity contribution in [3.8, 4) is 6.07 Å². The Bertz CT molecular complexity index is 600. The van der Waals surface area contributed by atoms with E-state index in [0.717, 1.165) is 12.1 Å². The van der Waals surface area contributed by atoms with Crippen LogP contribution in [0, 0.1) is 21.4 Å². The van der Waals surface area contributed by atoms with Crippen LogP contribution in [0.3, 0.4) is 0 Å². The normalized spacial score (nSPS) is 8.75. The number of non-ortho nitro benzene ring substituents is 1. The average Bonchev–Trinajstić information content (AvgIpc) is 2.48. The van der Waals surface area contributed by atoms with E-state index in [1.165, 1.54) is 12.1 Å². The van der Waals surface area contributed by atoms with Crippen molar-refractivity contribution in [2.24, 2.45) is 0 Å². The van der Waals surface area contributed by atoms with Crippen LogP contribution in [0.4, 0.5) is 5.69 Å². The molecular formula is C13H9N3O4. The number of nitriles is 1. The van der Waals surface area contributed by atoms with Crippen molar-refractivity contribution >= 4 is 11.7 Å². The number of carboxylic acid groups (broad SMARTS) is 1. The van der Waals surface area contributed by atoms with E-state index in [0.29, 0.717) is 5.56 Å². The highest BCUT2D eigenvalue weighted by Crippen LogP contribution is 2.11. The zero-order chi connectivity index (χ0) is 15.0. The van der Waals surface area contributed by atoms with Crippen molar-refractivity contribution in [2.75, 3.05) is 0 Å². The molecule has 0 fully saturated rings. The molecule has 1 heterocycles. The fourth-order valence-corrected chi connectivity index (χ4v) is 1.15. The van der Waals surface area contributed by atoms with Gasteiger partial charge in [-0.3, -0.25) is 15.1 Å². The summed E-state index contributed by atoms with van der Waals surface area (Å²) in [7, 11) is 0. The van der Waals surface area contributed by atoms with E-state index >= 15 is 0 Å². The molecule has 20 heavy (non-hydrogen) atoms. The first-order chi connectivity index (χ1) is 9.54. The molecule has 7 nitrogen and oxygen atoms in total. The van der Waals surface area contributed by atoms with Gasteiger partial charge in [-0.2, -0.15) is 5.26 Å². The standard InChI is InChI=1S/C7H5NO4.C6H4N2/c9-7(10)5-1-3-6(4-2-5)8(11)12;7-5-6-1-3-8-4-2-6/h1-4H,(H,9,10);1-4H. The van der Waals surface area contributed by atoms with Crippen LogP contribution in [0.15, 0.2) is 48.8 Å².